The molecule has 0 saturated heterocycles. The van der Waals surface area contributed by atoms with Crippen molar-refractivity contribution in [2.45, 2.75) is 419 Å². The van der Waals surface area contributed by atoms with Crippen LogP contribution < -0.4 is 0 Å². The van der Waals surface area contributed by atoms with E-state index in [4.69, 9.17) is 14.2 Å². The Morgan fingerprint density at radius 1 is 0.237 bits per heavy atom. The topological polar surface area (TPSA) is 78.9 Å². The molecule has 0 aliphatic heterocycles. The van der Waals surface area contributed by atoms with Crippen LogP contribution in [0.1, 0.15) is 412 Å². The Labute approximate surface area is 500 Å². The Morgan fingerprint density at radius 2 is 0.412 bits per heavy atom. The summed E-state index contributed by atoms with van der Waals surface area (Å²) >= 11 is 0. The first-order chi connectivity index (χ1) is 39.5. The van der Waals surface area contributed by atoms with E-state index in [1.807, 2.05) is 0 Å². The molecule has 0 aliphatic carbocycles. The Balaban J connectivity index is 4.24. The van der Waals surface area contributed by atoms with Crippen LogP contribution in [-0.2, 0) is 28.6 Å². The van der Waals surface area contributed by atoms with Gasteiger partial charge in [0.05, 0.1) is 0 Å². The fraction of sp³-hybridized carbons (Fsp3) is 0.905. The minimum absolute atomic E-state index is 0.0691. The molecule has 472 valence electrons. The van der Waals surface area contributed by atoms with Crippen molar-refractivity contribution < 1.29 is 28.6 Å². The first-order valence-corrected chi connectivity index (χ1v) is 36.3. The first kappa shape index (κ1) is 77.9. The van der Waals surface area contributed by atoms with Gasteiger partial charge in [0.15, 0.2) is 6.10 Å². The van der Waals surface area contributed by atoms with Crippen LogP contribution in [0.25, 0.3) is 0 Å². The Kier molecular flexibility index (Phi) is 67.6. The zero-order valence-corrected chi connectivity index (χ0v) is 54.4. The summed E-state index contributed by atoms with van der Waals surface area (Å²) < 4.78 is 17.0. The van der Waals surface area contributed by atoms with Crippen molar-refractivity contribution >= 4 is 17.9 Å². The number of allylic oxidation sites excluding steroid dienone is 4. The highest BCUT2D eigenvalue weighted by molar-refractivity contribution is 5.71. The third kappa shape index (κ3) is 66.7. The molecule has 0 saturated carbocycles. The van der Waals surface area contributed by atoms with Crippen LogP contribution in [0.3, 0.4) is 0 Å². The second kappa shape index (κ2) is 69.4. The molecule has 6 heteroatoms. The molecule has 0 radical (unpaired) electrons. The second-order valence-electron chi connectivity index (χ2n) is 24.9. The van der Waals surface area contributed by atoms with Crippen LogP contribution in [0, 0.1) is 0 Å². The lowest BCUT2D eigenvalue weighted by Gasteiger charge is -2.18. The molecule has 0 heterocycles. The van der Waals surface area contributed by atoms with Gasteiger partial charge in [-0.1, -0.05) is 347 Å². The molecule has 0 amide bonds. The molecule has 0 rings (SSSR count). The van der Waals surface area contributed by atoms with Crippen LogP contribution >= 0.6 is 0 Å². The van der Waals surface area contributed by atoms with Crippen molar-refractivity contribution in [2.24, 2.45) is 0 Å². The molecule has 0 aromatic carbocycles. The predicted molar refractivity (Wildman–Crippen MR) is 349 cm³/mol. The number of ether oxygens (including phenoxy) is 3. The molecule has 0 aromatic rings. The molecule has 0 N–H and O–H groups in total. The van der Waals surface area contributed by atoms with E-state index in [1.54, 1.807) is 0 Å². The largest absolute Gasteiger partial charge is 0.462 e. The van der Waals surface area contributed by atoms with E-state index in [-0.39, 0.29) is 31.1 Å². The number of unbranched alkanes of at least 4 members (excludes halogenated alkanes) is 53. The van der Waals surface area contributed by atoms with Gasteiger partial charge in [-0.25, -0.2) is 0 Å². The van der Waals surface area contributed by atoms with Gasteiger partial charge in [-0.3, -0.25) is 14.4 Å². The average molecular weight is 1130 g/mol. The summed E-state index contributed by atoms with van der Waals surface area (Å²) in [6.45, 7) is 6.71. The zero-order chi connectivity index (χ0) is 57.8. The third-order valence-corrected chi connectivity index (χ3v) is 16.7. The number of carbonyl (C=O) groups excluding carboxylic acids is 3. The van der Waals surface area contributed by atoms with Gasteiger partial charge in [0.1, 0.15) is 13.2 Å². The van der Waals surface area contributed by atoms with Crippen LogP contribution in [0.4, 0.5) is 0 Å². The number of hydrogen-bond donors (Lipinski definition) is 0. The standard InChI is InChI=1S/C74H140O6/c1-4-7-10-13-16-19-22-25-28-30-32-34-35-36-37-38-40-41-43-46-49-52-55-58-61-64-67-73(76)79-70-71(69-78-72(75)66-63-60-57-54-51-48-45-27-24-21-18-15-12-9-6-3)80-74(77)68-65-62-59-56-53-50-47-44-42-39-33-31-29-26-23-20-17-14-11-8-5-2/h27,31,33,45,71H,4-26,28-30,32,34-44,46-70H2,1-3H3/b33-31-,45-27-. The number of hydrogen-bond acceptors (Lipinski definition) is 6. The van der Waals surface area contributed by atoms with Gasteiger partial charge in [-0.15, -0.1) is 0 Å². The first-order valence-electron chi connectivity index (χ1n) is 36.3. The Morgan fingerprint density at radius 3 is 0.625 bits per heavy atom. The summed E-state index contributed by atoms with van der Waals surface area (Å²) in [6.07, 6.45) is 85.0. The van der Waals surface area contributed by atoms with E-state index in [0.29, 0.717) is 19.3 Å². The average Bonchev–Trinajstić information content (AvgIpc) is 3.46. The molecule has 0 spiro atoms. The molecule has 80 heavy (non-hydrogen) atoms. The summed E-state index contributed by atoms with van der Waals surface area (Å²) in [6, 6.07) is 0. The monoisotopic (exact) mass is 1130 g/mol. The molecular formula is C74H140O6. The van der Waals surface area contributed by atoms with Crippen molar-refractivity contribution in [2.75, 3.05) is 13.2 Å². The maximum absolute atomic E-state index is 13.0. The van der Waals surface area contributed by atoms with Crippen molar-refractivity contribution in [3.8, 4) is 0 Å². The van der Waals surface area contributed by atoms with E-state index in [1.165, 1.54) is 308 Å². The highest BCUT2D eigenvalue weighted by Crippen LogP contribution is 2.19. The maximum Gasteiger partial charge on any atom is 0.306 e. The summed E-state index contributed by atoms with van der Waals surface area (Å²) in [5.74, 6) is -0.848. The van der Waals surface area contributed by atoms with E-state index < -0.39 is 6.10 Å². The van der Waals surface area contributed by atoms with Gasteiger partial charge in [0.25, 0.3) is 0 Å². The number of rotatable bonds is 68. The van der Waals surface area contributed by atoms with Crippen LogP contribution in [0.2, 0.25) is 0 Å². The zero-order valence-electron chi connectivity index (χ0n) is 54.4. The summed E-state index contributed by atoms with van der Waals surface area (Å²) in [5, 5.41) is 0. The fourth-order valence-corrected chi connectivity index (χ4v) is 11.2. The molecular weight excluding hydrogens is 985 g/mol. The lowest BCUT2D eigenvalue weighted by molar-refractivity contribution is -0.167. The summed E-state index contributed by atoms with van der Waals surface area (Å²) in [5.41, 5.74) is 0. The minimum atomic E-state index is -0.774. The highest BCUT2D eigenvalue weighted by Gasteiger charge is 2.19. The molecule has 1 unspecified atom stereocenters. The van der Waals surface area contributed by atoms with Crippen molar-refractivity contribution in [3.63, 3.8) is 0 Å². The van der Waals surface area contributed by atoms with Gasteiger partial charge < -0.3 is 14.2 Å². The Bertz CT molecular complexity index is 1290. The summed E-state index contributed by atoms with van der Waals surface area (Å²) in [7, 11) is 0. The third-order valence-electron chi connectivity index (χ3n) is 16.7. The quantitative estimate of drug-likeness (QED) is 0.0261. The fourth-order valence-electron chi connectivity index (χ4n) is 11.2. The van der Waals surface area contributed by atoms with E-state index >= 15 is 0 Å². The van der Waals surface area contributed by atoms with E-state index in [9.17, 15) is 14.4 Å². The van der Waals surface area contributed by atoms with Gasteiger partial charge >= 0.3 is 17.9 Å². The van der Waals surface area contributed by atoms with Gasteiger partial charge in [0, 0.05) is 19.3 Å². The van der Waals surface area contributed by atoms with Gasteiger partial charge in [-0.2, -0.15) is 0 Å². The molecule has 0 bridgehead atoms. The van der Waals surface area contributed by atoms with Crippen LogP contribution in [0.15, 0.2) is 24.3 Å². The normalized spacial score (nSPS) is 12.1. The Hall–Kier alpha value is -2.11. The molecule has 0 fully saturated rings. The van der Waals surface area contributed by atoms with E-state index in [2.05, 4.69) is 45.1 Å². The molecule has 0 aromatic heterocycles. The lowest BCUT2D eigenvalue weighted by atomic mass is 10.0. The molecule has 6 nitrogen and oxygen atoms in total. The van der Waals surface area contributed by atoms with Crippen molar-refractivity contribution in [1.82, 2.24) is 0 Å². The van der Waals surface area contributed by atoms with Gasteiger partial charge in [0.2, 0.25) is 0 Å². The highest BCUT2D eigenvalue weighted by atomic mass is 16.6. The second-order valence-corrected chi connectivity index (χ2v) is 24.9. The van der Waals surface area contributed by atoms with Crippen LogP contribution in [-0.4, -0.2) is 37.2 Å². The summed E-state index contributed by atoms with van der Waals surface area (Å²) in [4.78, 5) is 38.5. The number of carbonyl (C=O) groups is 3. The van der Waals surface area contributed by atoms with Crippen LogP contribution in [0.5, 0.6) is 0 Å². The molecule has 1 atom stereocenters. The van der Waals surface area contributed by atoms with E-state index in [0.717, 1.165) is 64.2 Å². The smallest absolute Gasteiger partial charge is 0.306 e. The lowest BCUT2D eigenvalue weighted by Crippen LogP contribution is -2.30. The molecule has 0 aliphatic rings. The predicted octanol–water partition coefficient (Wildman–Crippen LogP) is 25.0. The maximum atomic E-state index is 13.0. The number of esters is 3. The minimum Gasteiger partial charge on any atom is -0.462 e. The van der Waals surface area contributed by atoms with Crippen molar-refractivity contribution in [1.29, 1.82) is 0 Å². The van der Waals surface area contributed by atoms with Gasteiger partial charge in [-0.05, 0) is 70.6 Å². The van der Waals surface area contributed by atoms with Crippen molar-refractivity contribution in [3.05, 3.63) is 24.3 Å². The SMILES string of the molecule is CCCCCCCC/C=C\CCCCCCCC(=O)OCC(COC(=O)CCCCCCCCCCCCCCCCCCCCCCCCCCCC)OC(=O)CCCCCCCCCCC/C=C\CCCCCCCCCC.